The van der Waals surface area contributed by atoms with Crippen molar-refractivity contribution in [3.05, 3.63) is 0 Å². The van der Waals surface area contributed by atoms with Gasteiger partial charge in [-0.3, -0.25) is 9.59 Å². The van der Waals surface area contributed by atoms with Crippen molar-refractivity contribution in [1.82, 2.24) is 10.6 Å². The molecule has 1 aliphatic rings. The minimum atomic E-state index is -0.584. The van der Waals surface area contributed by atoms with Gasteiger partial charge in [0, 0.05) is 18.1 Å². The zero-order valence-electron chi connectivity index (χ0n) is 15.1. The zero-order valence-corrected chi connectivity index (χ0v) is 15.1. The van der Waals surface area contributed by atoms with Gasteiger partial charge in [-0.25, -0.2) is 0 Å². The molecule has 1 aliphatic carbocycles. The Morgan fingerprint density at radius 2 is 1.87 bits per heavy atom. The summed E-state index contributed by atoms with van der Waals surface area (Å²) in [6.07, 6.45) is 2.96. The molecule has 23 heavy (non-hydrogen) atoms. The van der Waals surface area contributed by atoms with Crippen LogP contribution in [0.3, 0.4) is 0 Å². The summed E-state index contributed by atoms with van der Waals surface area (Å²) < 4.78 is 5.81. The van der Waals surface area contributed by atoms with Crippen molar-refractivity contribution in [3.63, 3.8) is 0 Å². The lowest BCUT2D eigenvalue weighted by Gasteiger charge is -2.55. The first-order valence-corrected chi connectivity index (χ1v) is 8.76. The van der Waals surface area contributed by atoms with Crippen LogP contribution in [-0.2, 0) is 14.3 Å². The molecule has 1 saturated carbocycles. The molecular formula is C17H33N3O3. The van der Waals surface area contributed by atoms with Gasteiger partial charge >= 0.3 is 0 Å². The highest BCUT2D eigenvalue weighted by Crippen LogP contribution is 2.48. The van der Waals surface area contributed by atoms with Crippen molar-refractivity contribution in [2.24, 2.45) is 17.1 Å². The summed E-state index contributed by atoms with van der Waals surface area (Å²) in [5.74, 6) is -0.404. The predicted molar refractivity (Wildman–Crippen MR) is 90.8 cm³/mol. The molecule has 6 nitrogen and oxygen atoms in total. The first-order chi connectivity index (χ1) is 10.8. The molecule has 3 atom stereocenters. The van der Waals surface area contributed by atoms with Crippen molar-refractivity contribution >= 4 is 11.8 Å². The maximum absolute atomic E-state index is 12.1. The number of ether oxygens (including phenoxy) is 1. The standard InChI is InChI=1S/C17H33N3O3/c1-6-17(7-2)12(9-13(17)23-8-3)20-14(21)10-19-16(22)15(18)11(4)5/h11-13,15H,6-10,18H2,1-5H3,(H,19,22)(H,20,21)/t12?,13?,15-/m0/s1. The van der Waals surface area contributed by atoms with E-state index >= 15 is 0 Å². The summed E-state index contributed by atoms with van der Waals surface area (Å²) >= 11 is 0. The highest BCUT2D eigenvalue weighted by atomic mass is 16.5. The number of rotatable bonds is 9. The van der Waals surface area contributed by atoms with Gasteiger partial charge in [-0.1, -0.05) is 27.7 Å². The van der Waals surface area contributed by atoms with E-state index in [-0.39, 0.29) is 41.8 Å². The third kappa shape index (κ3) is 4.44. The summed E-state index contributed by atoms with van der Waals surface area (Å²) in [7, 11) is 0. The van der Waals surface area contributed by atoms with E-state index in [0.717, 1.165) is 19.3 Å². The zero-order chi connectivity index (χ0) is 17.6. The number of carbonyl (C=O) groups is 2. The molecule has 0 saturated heterocycles. The number of nitrogens with two attached hydrogens (primary N) is 1. The van der Waals surface area contributed by atoms with Crippen LogP contribution in [0.2, 0.25) is 0 Å². The average molecular weight is 327 g/mol. The van der Waals surface area contributed by atoms with Crippen molar-refractivity contribution in [2.75, 3.05) is 13.2 Å². The fraction of sp³-hybridized carbons (Fsp3) is 0.882. The summed E-state index contributed by atoms with van der Waals surface area (Å²) in [5.41, 5.74) is 5.77. The predicted octanol–water partition coefficient (Wildman–Crippen LogP) is 1.19. The Labute approximate surface area is 139 Å². The van der Waals surface area contributed by atoms with Crippen molar-refractivity contribution in [3.8, 4) is 0 Å². The van der Waals surface area contributed by atoms with Gasteiger partial charge in [0.2, 0.25) is 11.8 Å². The van der Waals surface area contributed by atoms with Gasteiger partial charge < -0.3 is 21.1 Å². The van der Waals surface area contributed by atoms with Crippen LogP contribution in [0.5, 0.6) is 0 Å². The molecule has 6 heteroatoms. The van der Waals surface area contributed by atoms with Gasteiger partial charge in [0.15, 0.2) is 0 Å². The molecule has 1 rings (SSSR count). The molecule has 0 aromatic carbocycles. The maximum atomic E-state index is 12.1. The molecule has 0 radical (unpaired) electrons. The summed E-state index contributed by atoms with van der Waals surface area (Å²) in [4.78, 5) is 23.9. The number of hydrogen-bond acceptors (Lipinski definition) is 4. The number of hydrogen-bond donors (Lipinski definition) is 3. The second kappa shape index (κ2) is 8.64. The quantitative estimate of drug-likeness (QED) is 0.593. The molecule has 4 N–H and O–H groups in total. The van der Waals surface area contributed by atoms with E-state index in [4.69, 9.17) is 10.5 Å². The second-order valence-electron chi connectivity index (χ2n) is 6.73. The van der Waals surface area contributed by atoms with Gasteiger partial charge in [0.05, 0.1) is 18.7 Å². The SMILES string of the molecule is CCOC1CC(NC(=O)CNC(=O)[C@@H](N)C(C)C)C1(CC)CC. The fourth-order valence-electron chi connectivity index (χ4n) is 3.42. The molecule has 0 aromatic heterocycles. The van der Waals surface area contributed by atoms with Crippen molar-refractivity contribution in [2.45, 2.75) is 72.1 Å². The Kier molecular flexibility index (Phi) is 7.48. The van der Waals surface area contributed by atoms with E-state index in [9.17, 15) is 9.59 Å². The average Bonchev–Trinajstić information content (AvgIpc) is 2.52. The number of amides is 2. The van der Waals surface area contributed by atoms with Gasteiger partial charge in [-0.05, 0) is 32.1 Å². The van der Waals surface area contributed by atoms with E-state index in [1.807, 2.05) is 20.8 Å². The Balaban J connectivity index is 2.50. The minimum absolute atomic E-state index is 0.00398. The van der Waals surface area contributed by atoms with Gasteiger partial charge in [-0.15, -0.1) is 0 Å². The summed E-state index contributed by atoms with van der Waals surface area (Å²) in [6.45, 7) is 10.7. The normalized spacial score (nSPS) is 24.0. The Morgan fingerprint density at radius 1 is 1.26 bits per heavy atom. The lowest BCUT2D eigenvalue weighted by molar-refractivity contribution is -0.148. The van der Waals surface area contributed by atoms with Crippen LogP contribution in [-0.4, -0.2) is 43.2 Å². The first kappa shape index (κ1) is 19.9. The van der Waals surface area contributed by atoms with Crippen LogP contribution in [0.1, 0.15) is 53.9 Å². The minimum Gasteiger partial charge on any atom is -0.378 e. The van der Waals surface area contributed by atoms with Gasteiger partial charge in [-0.2, -0.15) is 0 Å². The number of carbonyl (C=O) groups excluding carboxylic acids is 2. The third-order valence-corrected chi connectivity index (χ3v) is 5.25. The highest BCUT2D eigenvalue weighted by Gasteiger charge is 2.53. The molecule has 134 valence electrons. The maximum Gasteiger partial charge on any atom is 0.239 e. The van der Waals surface area contributed by atoms with Gasteiger partial charge in [0.1, 0.15) is 0 Å². The molecule has 0 spiro atoms. The molecule has 0 heterocycles. The van der Waals surface area contributed by atoms with Gasteiger partial charge in [0.25, 0.3) is 0 Å². The number of nitrogens with one attached hydrogen (secondary N) is 2. The monoisotopic (exact) mass is 327 g/mol. The lowest BCUT2D eigenvalue weighted by Crippen LogP contribution is -2.65. The fourth-order valence-corrected chi connectivity index (χ4v) is 3.42. The topological polar surface area (TPSA) is 93.5 Å². The molecule has 2 amide bonds. The smallest absolute Gasteiger partial charge is 0.239 e. The first-order valence-electron chi connectivity index (χ1n) is 8.76. The van der Waals surface area contributed by atoms with Crippen molar-refractivity contribution < 1.29 is 14.3 Å². The Bertz CT molecular complexity index is 408. The van der Waals surface area contributed by atoms with Crippen LogP contribution < -0.4 is 16.4 Å². The largest absolute Gasteiger partial charge is 0.378 e. The van der Waals surface area contributed by atoms with Crippen molar-refractivity contribution in [1.29, 1.82) is 0 Å². The summed E-state index contributed by atoms with van der Waals surface area (Å²) in [6, 6.07) is -0.476. The molecule has 0 aliphatic heterocycles. The van der Waals surface area contributed by atoms with E-state index in [1.54, 1.807) is 0 Å². The Morgan fingerprint density at radius 3 is 2.35 bits per heavy atom. The highest BCUT2D eigenvalue weighted by molar-refractivity contribution is 5.87. The van der Waals surface area contributed by atoms with E-state index in [1.165, 1.54) is 0 Å². The molecule has 2 unspecified atom stereocenters. The van der Waals surface area contributed by atoms with E-state index in [2.05, 4.69) is 24.5 Å². The van der Waals surface area contributed by atoms with Crippen LogP contribution in [0.15, 0.2) is 0 Å². The second-order valence-corrected chi connectivity index (χ2v) is 6.73. The third-order valence-electron chi connectivity index (χ3n) is 5.25. The molecule has 0 aromatic rings. The van der Waals surface area contributed by atoms with E-state index < -0.39 is 6.04 Å². The lowest BCUT2D eigenvalue weighted by atomic mass is 9.58. The van der Waals surface area contributed by atoms with E-state index in [0.29, 0.717) is 6.61 Å². The molecule has 1 fully saturated rings. The Hall–Kier alpha value is -1.14. The van der Waals surface area contributed by atoms with Crippen LogP contribution in [0.25, 0.3) is 0 Å². The van der Waals surface area contributed by atoms with Crippen LogP contribution >= 0.6 is 0 Å². The van der Waals surface area contributed by atoms with Crippen LogP contribution in [0.4, 0.5) is 0 Å². The summed E-state index contributed by atoms with van der Waals surface area (Å²) in [5, 5.41) is 5.66. The van der Waals surface area contributed by atoms with Crippen LogP contribution in [0, 0.1) is 11.3 Å². The molecule has 0 bridgehead atoms. The molecular weight excluding hydrogens is 294 g/mol.